The summed E-state index contributed by atoms with van der Waals surface area (Å²) in [5, 5.41) is 0. The minimum absolute atomic E-state index is 0.231. The third kappa shape index (κ3) is 2.64. The molecule has 0 fully saturated rings. The van der Waals surface area contributed by atoms with Crippen molar-refractivity contribution >= 4 is 15.9 Å². The monoisotopic (exact) mass is 258 g/mol. The summed E-state index contributed by atoms with van der Waals surface area (Å²) in [6, 6.07) is 4.54. The quantitative estimate of drug-likeness (QED) is 0.495. The summed E-state index contributed by atoms with van der Waals surface area (Å²) in [6.07, 6.45) is 2.29. The van der Waals surface area contributed by atoms with Crippen molar-refractivity contribution in [2.75, 3.05) is 0 Å². The molecule has 0 radical (unpaired) electrons. The Kier molecular flexibility index (Phi) is 4.25. The van der Waals surface area contributed by atoms with E-state index in [-0.39, 0.29) is 11.9 Å². The van der Waals surface area contributed by atoms with E-state index >= 15 is 0 Å². The molecule has 0 amide bonds. The lowest BCUT2D eigenvalue weighted by molar-refractivity contribution is 0.516. The molecule has 4 heteroatoms. The maximum absolute atomic E-state index is 13.4. The summed E-state index contributed by atoms with van der Waals surface area (Å²) >= 11 is 3.28. The largest absolute Gasteiger partial charge is 0.271 e. The van der Waals surface area contributed by atoms with Crippen molar-refractivity contribution in [2.24, 2.45) is 5.84 Å². The maximum Gasteiger partial charge on any atom is 0.128 e. The number of hydrazine groups is 1. The van der Waals surface area contributed by atoms with Gasteiger partial charge in [-0.1, -0.05) is 22.0 Å². The zero-order chi connectivity index (χ0) is 10.6. The molecule has 0 aromatic heterocycles. The second-order valence-electron chi connectivity index (χ2n) is 2.91. The van der Waals surface area contributed by atoms with Crippen LogP contribution < -0.4 is 11.3 Å². The first-order chi connectivity index (χ1) is 6.69. The van der Waals surface area contributed by atoms with Gasteiger partial charge in [-0.2, -0.15) is 0 Å². The van der Waals surface area contributed by atoms with Gasteiger partial charge in [-0.3, -0.25) is 11.3 Å². The van der Waals surface area contributed by atoms with Crippen LogP contribution >= 0.6 is 15.9 Å². The minimum atomic E-state index is -0.266. The molecule has 1 unspecified atom stereocenters. The van der Waals surface area contributed by atoms with E-state index in [0.717, 1.165) is 4.47 Å². The number of nitrogens with one attached hydrogen (secondary N) is 1. The molecule has 1 atom stereocenters. The van der Waals surface area contributed by atoms with Gasteiger partial charge in [-0.25, -0.2) is 4.39 Å². The molecule has 2 nitrogen and oxygen atoms in total. The highest BCUT2D eigenvalue weighted by Gasteiger charge is 2.12. The molecule has 0 saturated heterocycles. The predicted molar refractivity (Wildman–Crippen MR) is 59.0 cm³/mol. The highest BCUT2D eigenvalue weighted by atomic mass is 79.9. The normalized spacial score (nSPS) is 12.5. The van der Waals surface area contributed by atoms with Gasteiger partial charge in [0.2, 0.25) is 0 Å². The highest BCUT2D eigenvalue weighted by molar-refractivity contribution is 9.10. The Labute approximate surface area is 91.1 Å². The average molecular weight is 259 g/mol. The molecule has 0 heterocycles. The van der Waals surface area contributed by atoms with Crippen LogP contribution in [-0.4, -0.2) is 0 Å². The Hall–Kier alpha value is -0.710. The molecule has 0 spiro atoms. The van der Waals surface area contributed by atoms with Crippen LogP contribution in [0.25, 0.3) is 0 Å². The van der Waals surface area contributed by atoms with Crippen LogP contribution in [0.5, 0.6) is 0 Å². The van der Waals surface area contributed by atoms with Gasteiger partial charge >= 0.3 is 0 Å². The molecule has 1 rings (SSSR count). The van der Waals surface area contributed by atoms with Crippen molar-refractivity contribution < 1.29 is 4.39 Å². The Balaban J connectivity index is 3.01. The van der Waals surface area contributed by atoms with Gasteiger partial charge in [0.15, 0.2) is 0 Å². The van der Waals surface area contributed by atoms with Crippen molar-refractivity contribution in [3.8, 4) is 0 Å². The zero-order valence-electron chi connectivity index (χ0n) is 7.63. The standard InChI is InChI=1S/C10H12BrFN2/c1-2-3-10(14-13)8-6-7(11)4-5-9(8)12/h2,4-6,10,14H,1,3,13H2. The number of hydrogen-bond donors (Lipinski definition) is 2. The Morgan fingerprint density at radius 3 is 2.93 bits per heavy atom. The predicted octanol–water partition coefficient (Wildman–Crippen LogP) is 2.67. The fourth-order valence-electron chi connectivity index (χ4n) is 1.23. The van der Waals surface area contributed by atoms with Gasteiger partial charge in [-0.05, 0) is 24.6 Å². The molecule has 3 N–H and O–H groups in total. The van der Waals surface area contributed by atoms with Gasteiger partial charge < -0.3 is 0 Å². The fourth-order valence-corrected chi connectivity index (χ4v) is 1.61. The molecular formula is C10H12BrFN2. The van der Waals surface area contributed by atoms with Crippen molar-refractivity contribution in [1.82, 2.24) is 5.43 Å². The molecule has 0 aliphatic rings. The maximum atomic E-state index is 13.4. The topological polar surface area (TPSA) is 38.0 Å². The van der Waals surface area contributed by atoms with E-state index < -0.39 is 0 Å². The van der Waals surface area contributed by atoms with Gasteiger partial charge in [0.25, 0.3) is 0 Å². The van der Waals surface area contributed by atoms with Crippen LogP contribution in [0.4, 0.5) is 4.39 Å². The molecular weight excluding hydrogens is 247 g/mol. The first-order valence-electron chi connectivity index (χ1n) is 4.21. The first-order valence-corrected chi connectivity index (χ1v) is 5.00. The molecule has 0 aliphatic heterocycles. The van der Waals surface area contributed by atoms with Crippen LogP contribution in [-0.2, 0) is 0 Å². The van der Waals surface area contributed by atoms with Crippen molar-refractivity contribution in [2.45, 2.75) is 12.5 Å². The number of benzene rings is 1. The van der Waals surface area contributed by atoms with Gasteiger partial charge in [-0.15, -0.1) is 6.58 Å². The van der Waals surface area contributed by atoms with Crippen LogP contribution in [0.15, 0.2) is 35.3 Å². The summed E-state index contributed by atoms with van der Waals surface area (Å²) in [4.78, 5) is 0. The van der Waals surface area contributed by atoms with E-state index in [2.05, 4.69) is 27.9 Å². The van der Waals surface area contributed by atoms with Crippen LogP contribution in [0.2, 0.25) is 0 Å². The van der Waals surface area contributed by atoms with Crippen molar-refractivity contribution in [1.29, 1.82) is 0 Å². The first kappa shape index (κ1) is 11.4. The third-order valence-electron chi connectivity index (χ3n) is 1.94. The summed E-state index contributed by atoms with van der Waals surface area (Å²) in [6.45, 7) is 3.60. The van der Waals surface area contributed by atoms with E-state index in [9.17, 15) is 4.39 Å². The Morgan fingerprint density at radius 1 is 1.64 bits per heavy atom. The lowest BCUT2D eigenvalue weighted by Crippen LogP contribution is -2.28. The molecule has 1 aromatic rings. The number of hydrogen-bond acceptors (Lipinski definition) is 2. The summed E-state index contributed by atoms with van der Waals surface area (Å²) in [7, 11) is 0. The van der Waals surface area contributed by atoms with Crippen molar-refractivity contribution in [3.63, 3.8) is 0 Å². The lowest BCUT2D eigenvalue weighted by atomic mass is 10.0. The number of rotatable bonds is 4. The van der Waals surface area contributed by atoms with E-state index in [1.54, 1.807) is 18.2 Å². The molecule has 1 aromatic carbocycles. The SMILES string of the molecule is C=CCC(NN)c1cc(Br)ccc1F. The number of nitrogens with two attached hydrogens (primary N) is 1. The van der Waals surface area contributed by atoms with E-state index in [1.807, 2.05) is 0 Å². The summed E-state index contributed by atoms with van der Waals surface area (Å²) in [5.74, 6) is 5.06. The minimum Gasteiger partial charge on any atom is -0.271 e. The number of halogens is 2. The average Bonchev–Trinajstić information content (AvgIpc) is 2.18. The van der Waals surface area contributed by atoms with E-state index in [0.29, 0.717) is 12.0 Å². The van der Waals surface area contributed by atoms with Gasteiger partial charge in [0.1, 0.15) is 5.82 Å². The van der Waals surface area contributed by atoms with Gasteiger partial charge in [0, 0.05) is 10.0 Å². The highest BCUT2D eigenvalue weighted by Crippen LogP contribution is 2.23. The Bertz CT molecular complexity index is 328. The van der Waals surface area contributed by atoms with Crippen molar-refractivity contribution in [3.05, 3.63) is 46.7 Å². The lowest BCUT2D eigenvalue weighted by Gasteiger charge is -2.15. The molecule has 0 saturated carbocycles. The van der Waals surface area contributed by atoms with E-state index in [4.69, 9.17) is 5.84 Å². The fraction of sp³-hybridized carbons (Fsp3) is 0.200. The second kappa shape index (κ2) is 5.24. The van der Waals surface area contributed by atoms with Gasteiger partial charge in [0.05, 0.1) is 6.04 Å². The second-order valence-corrected chi connectivity index (χ2v) is 3.83. The molecule has 0 bridgehead atoms. The molecule has 14 heavy (non-hydrogen) atoms. The van der Waals surface area contributed by atoms with E-state index in [1.165, 1.54) is 6.07 Å². The smallest absolute Gasteiger partial charge is 0.128 e. The molecule has 76 valence electrons. The molecule has 0 aliphatic carbocycles. The summed E-state index contributed by atoms with van der Waals surface area (Å²) in [5.41, 5.74) is 3.10. The van der Waals surface area contributed by atoms with Crippen LogP contribution in [0.1, 0.15) is 18.0 Å². The van der Waals surface area contributed by atoms with Crippen LogP contribution in [0.3, 0.4) is 0 Å². The summed E-state index contributed by atoms with van der Waals surface area (Å²) < 4.78 is 14.2. The zero-order valence-corrected chi connectivity index (χ0v) is 9.22. The Morgan fingerprint density at radius 2 is 2.36 bits per heavy atom. The van der Waals surface area contributed by atoms with Crippen LogP contribution in [0, 0.1) is 5.82 Å². The third-order valence-corrected chi connectivity index (χ3v) is 2.43.